The molecule has 2 aromatic rings. The molecule has 3 N–H and O–H groups in total. The molecule has 0 saturated carbocycles. The highest BCUT2D eigenvalue weighted by Crippen LogP contribution is 2.25. The summed E-state index contributed by atoms with van der Waals surface area (Å²) < 4.78 is 1.65. The van der Waals surface area contributed by atoms with Crippen molar-refractivity contribution in [1.29, 1.82) is 0 Å². The molecule has 0 aliphatic carbocycles. The second-order valence-corrected chi connectivity index (χ2v) is 3.79. The van der Waals surface area contributed by atoms with Crippen molar-refractivity contribution in [3.63, 3.8) is 0 Å². The van der Waals surface area contributed by atoms with Crippen LogP contribution in [0.5, 0.6) is 0 Å². The van der Waals surface area contributed by atoms with E-state index in [4.69, 9.17) is 10.8 Å². The van der Waals surface area contributed by atoms with Crippen LogP contribution in [0.25, 0.3) is 10.9 Å². The van der Waals surface area contributed by atoms with Gasteiger partial charge in [-0.05, 0) is 18.6 Å². The molecule has 2 rings (SSSR count). The van der Waals surface area contributed by atoms with Crippen molar-refractivity contribution in [3.05, 3.63) is 29.5 Å². The first-order valence-corrected chi connectivity index (χ1v) is 4.93. The van der Waals surface area contributed by atoms with E-state index < -0.39 is 12.0 Å². The van der Waals surface area contributed by atoms with Gasteiger partial charge >= 0.3 is 5.97 Å². The van der Waals surface area contributed by atoms with Crippen molar-refractivity contribution in [1.82, 2.24) is 9.78 Å². The Morgan fingerprint density at radius 2 is 2.25 bits per heavy atom. The summed E-state index contributed by atoms with van der Waals surface area (Å²) in [5.74, 6) is -1.07. The number of aryl methyl sites for hydroxylation is 2. The molecule has 0 saturated heterocycles. The highest BCUT2D eigenvalue weighted by molar-refractivity contribution is 5.89. The summed E-state index contributed by atoms with van der Waals surface area (Å²) in [4.78, 5) is 10.9. The SMILES string of the molecule is Cc1cccc2c1c(C(N)C(=O)O)nn2C. The first-order chi connectivity index (χ1) is 7.52. The van der Waals surface area contributed by atoms with Gasteiger partial charge in [-0.1, -0.05) is 12.1 Å². The molecule has 84 valence electrons. The summed E-state index contributed by atoms with van der Waals surface area (Å²) in [6.45, 7) is 1.92. The average molecular weight is 219 g/mol. The Balaban J connectivity index is 2.76. The summed E-state index contributed by atoms with van der Waals surface area (Å²) in [5, 5.41) is 13.9. The summed E-state index contributed by atoms with van der Waals surface area (Å²) in [5.41, 5.74) is 7.91. The minimum atomic E-state index is -1.08. The molecule has 0 aliphatic heterocycles. The van der Waals surface area contributed by atoms with Gasteiger partial charge in [0.1, 0.15) is 6.04 Å². The Labute approximate surface area is 92.5 Å². The maximum Gasteiger partial charge on any atom is 0.326 e. The molecule has 16 heavy (non-hydrogen) atoms. The van der Waals surface area contributed by atoms with E-state index in [1.807, 2.05) is 25.1 Å². The van der Waals surface area contributed by atoms with Gasteiger partial charge in [0.15, 0.2) is 0 Å². The molecule has 0 aliphatic rings. The van der Waals surface area contributed by atoms with E-state index in [1.54, 1.807) is 11.7 Å². The van der Waals surface area contributed by atoms with Gasteiger partial charge in [-0.15, -0.1) is 0 Å². The Bertz CT molecular complexity index is 560. The molecule has 0 bridgehead atoms. The fourth-order valence-corrected chi connectivity index (χ4v) is 1.86. The number of nitrogens with two attached hydrogens (primary N) is 1. The van der Waals surface area contributed by atoms with Crippen molar-refractivity contribution in [2.24, 2.45) is 12.8 Å². The molecule has 1 unspecified atom stereocenters. The smallest absolute Gasteiger partial charge is 0.326 e. The molecule has 1 aromatic heterocycles. The predicted molar refractivity (Wildman–Crippen MR) is 60.0 cm³/mol. The van der Waals surface area contributed by atoms with Crippen LogP contribution >= 0.6 is 0 Å². The first kappa shape index (κ1) is 10.6. The molecule has 1 aromatic carbocycles. The average Bonchev–Trinajstić information content (AvgIpc) is 2.57. The number of hydrogen-bond donors (Lipinski definition) is 2. The number of carboxylic acid groups (broad SMARTS) is 1. The number of benzene rings is 1. The highest BCUT2D eigenvalue weighted by atomic mass is 16.4. The second-order valence-electron chi connectivity index (χ2n) is 3.79. The summed E-state index contributed by atoms with van der Waals surface area (Å²) in [6, 6.07) is 4.65. The van der Waals surface area contributed by atoms with E-state index >= 15 is 0 Å². The van der Waals surface area contributed by atoms with Crippen LogP contribution in [-0.4, -0.2) is 20.9 Å². The topological polar surface area (TPSA) is 81.1 Å². The number of nitrogens with zero attached hydrogens (tertiary/aromatic N) is 2. The molecular weight excluding hydrogens is 206 g/mol. The molecule has 1 heterocycles. The Hall–Kier alpha value is -1.88. The van der Waals surface area contributed by atoms with Crippen molar-refractivity contribution in [2.75, 3.05) is 0 Å². The molecule has 0 amide bonds. The zero-order valence-corrected chi connectivity index (χ0v) is 9.14. The van der Waals surface area contributed by atoms with Crippen molar-refractivity contribution in [2.45, 2.75) is 13.0 Å². The third kappa shape index (κ3) is 1.45. The maximum atomic E-state index is 10.9. The minimum absolute atomic E-state index is 0.420. The Kier molecular flexibility index (Phi) is 2.40. The normalized spacial score (nSPS) is 12.9. The summed E-state index contributed by atoms with van der Waals surface area (Å²) >= 11 is 0. The minimum Gasteiger partial charge on any atom is -0.480 e. The van der Waals surface area contributed by atoms with Gasteiger partial charge in [-0.25, -0.2) is 0 Å². The van der Waals surface area contributed by atoms with Crippen LogP contribution in [0.2, 0.25) is 0 Å². The van der Waals surface area contributed by atoms with Gasteiger partial charge in [-0.3, -0.25) is 9.48 Å². The van der Waals surface area contributed by atoms with E-state index in [2.05, 4.69) is 5.10 Å². The van der Waals surface area contributed by atoms with Crippen LogP contribution in [0.15, 0.2) is 18.2 Å². The fraction of sp³-hybridized carbons (Fsp3) is 0.273. The molecule has 1 atom stereocenters. The van der Waals surface area contributed by atoms with Crippen LogP contribution in [0, 0.1) is 6.92 Å². The van der Waals surface area contributed by atoms with Crippen molar-refractivity contribution in [3.8, 4) is 0 Å². The number of fused-ring (bicyclic) bond motifs is 1. The van der Waals surface area contributed by atoms with E-state index in [-0.39, 0.29) is 0 Å². The van der Waals surface area contributed by atoms with Gasteiger partial charge in [0, 0.05) is 12.4 Å². The van der Waals surface area contributed by atoms with Crippen LogP contribution in [0.1, 0.15) is 17.3 Å². The van der Waals surface area contributed by atoms with E-state index in [0.717, 1.165) is 16.5 Å². The maximum absolute atomic E-state index is 10.9. The summed E-state index contributed by atoms with van der Waals surface area (Å²) in [6.07, 6.45) is 0. The molecule has 5 nitrogen and oxygen atoms in total. The Morgan fingerprint density at radius 1 is 1.56 bits per heavy atom. The van der Waals surface area contributed by atoms with Crippen LogP contribution in [0.4, 0.5) is 0 Å². The first-order valence-electron chi connectivity index (χ1n) is 4.93. The van der Waals surface area contributed by atoms with Gasteiger partial charge in [0.2, 0.25) is 0 Å². The second kappa shape index (κ2) is 3.61. The van der Waals surface area contributed by atoms with Gasteiger partial charge < -0.3 is 10.8 Å². The molecule has 5 heteroatoms. The van der Waals surface area contributed by atoms with Crippen molar-refractivity contribution >= 4 is 16.9 Å². The third-order valence-corrected chi connectivity index (χ3v) is 2.67. The lowest BCUT2D eigenvalue weighted by Gasteiger charge is -2.04. The molecule has 0 spiro atoms. The van der Waals surface area contributed by atoms with Gasteiger partial charge in [0.05, 0.1) is 11.2 Å². The van der Waals surface area contributed by atoms with Gasteiger partial charge in [-0.2, -0.15) is 5.10 Å². The predicted octanol–water partition coefficient (Wildman–Crippen LogP) is 0.966. The van der Waals surface area contributed by atoms with Crippen LogP contribution in [0.3, 0.4) is 0 Å². The lowest BCUT2D eigenvalue weighted by Crippen LogP contribution is -2.21. The zero-order valence-electron chi connectivity index (χ0n) is 9.14. The lowest BCUT2D eigenvalue weighted by molar-refractivity contribution is -0.138. The quantitative estimate of drug-likeness (QED) is 0.788. The summed E-state index contributed by atoms with van der Waals surface area (Å²) in [7, 11) is 1.78. The number of carboxylic acids is 1. The zero-order chi connectivity index (χ0) is 11.9. The van der Waals surface area contributed by atoms with Gasteiger partial charge in [0.25, 0.3) is 0 Å². The van der Waals surface area contributed by atoms with Crippen LogP contribution in [-0.2, 0) is 11.8 Å². The largest absolute Gasteiger partial charge is 0.480 e. The standard InChI is InChI=1S/C11H13N3O2/c1-6-4-3-5-7-8(6)10(13-14(7)2)9(12)11(15)16/h3-5,9H,12H2,1-2H3,(H,15,16). The lowest BCUT2D eigenvalue weighted by atomic mass is 10.1. The molecule has 0 radical (unpaired) electrons. The third-order valence-electron chi connectivity index (χ3n) is 2.67. The van der Waals surface area contributed by atoms with E-state index in [0.29, 0.717) is 5.69 Å². The number of hydrogen-bond acceptors (Lipinski definition) is 3. The fourth-order valence-electron chi connectivity index (χ4n) is 1.86. The van der Waals surface area contributed by atoms with E-state index in [9.17, 15) is 4.79 Å². The van der Waals surface area contributed by atoms with E-state index in [1.165, 1.54) is 0 Å². The highest BCUT2D eigenvalue weighted by Gasteiger charge is 2.22. The Morgan fingerprint density at radius 3 is 2.88 bits per heavy atom. The number of carbonyl (C=O) groups is 1. The number of rotatable bonds is 2. The van der Waals surface area contributed by atoms with Crippen molar-refractivity contribution < 1.29 is 9.90 Å². The van der Waals surface area contributed by atoms with Crippen LogP contribution < -0.4 is 5.73 Å². The number of aliphatic carboxylic acids is 1. The number of aromatic nitrogens is 2. The molecule has 0 fully saturated rings. The monoisotopic (exact) mass is 219 g/mol. The molecular formula is C11H13N3O2.